The maximum absolute atomic E-state index is 14.4. The first-order chi connectivity index (χ1) is 10.1. The number of rotatable bonds is 6. The van der Waals surface area contributed by atoms with Gasteiger partial charge in [-0.15, -0.1) is 11.3 Å². The molecule has 2 nitrogen and oxygen atoms in total. The first kappa shape index (κ1) is 16.7. The van der Waals surface area contributed by atoms with Crippen molar-refractivity contribution in [2.75, 3.05) is 13.7 Å². The number of ether oxygens (including phenoxy) is 1. The summed E-state index contributed by atoms with van der Waals surface area (Å²) in [4.78, 5) is 0.947. The van der Waals surface area contributed by atoms with E-state index in [4.69, 9.17) is 16.3 Å². The zero-order chi connectivity index (χ0) is 15.4. The van der Waals surface area contributed by atoms with Crippen LogP contribution in [0.15, 0.2) is 28.1 Å². The van der Waals surface area contributed by atoms with Crippen molar-refractivity contribution in [3.05, 3.63) is 49.3 Å². The smallest absolute Gasteiger partial charge is 0.134 e. The SMILES string of the molecule is CCCNC(c1cc(Cl)c(Br)cc1F)c1sccc1OC. The molecule has 1 atom stereocenters. The van der Waals surface area contributed by atoms with E-state index in [0.717, 1.165) is 23.6 Å². The summed E-state index contributed by atoms with van der Waals surface area (Å²) < 4.78 is 20.3. The highest BCUT2D eigenvalue weighted by Crippen LogP contribution is 2.38. The molecule has 0 saturated heterocycles. The molecule has 2 aromatic rings. The van der Waals surface area contributed by atoms with Crippen LogP contribution in [-0.2, 0) is 0 Å². The lowest BCUT2D eigenvalue weighted by molar-refractivity contribution is 0.406. The molecule has 1 aromatic heterocycles. The second kappa shape index (κ2) is 7.58. The largest absolute Gasteiger partial charge is 0.496 e. The number of thiophene rings is 1. The minimum absolute atomic E-state index is 0.273. The van der Waals surface area contributed by atoms with Gasteiger partial charge in [-0.3, -0.25) is 0 Å². The van der Waals surface area contributed by atoms with E-state index < -0.39 is 0 Å². The van der Waals surface area contributed by atoms with Gasteiger partial charge < -0.3 is 10.1 Å². The highest BCUT2D eigenvalue weighted by Gasteiger charge is 2.23. The molecule has 0 radical (unpaired) electrons. The van der Waals surface area contributed by atoms with Gasteiger partial charge in [-0.2, -0.15) is 0 Å². The summed E-state index contributed by atoms with van der Waals surface area (Å²) in [5.41, 5.74) is 0.525. The fourth-order valence-electron chi connectivity index (χ4n) is 2.08. The van der Waals surface area contributed by atoms with E-state index in [-0.39, 0.29) is 11.9 Å². The first-order valence-corrected chi connectivity index (χ1v) is 8.62. The average Bonchev–Trinajstić information content (AvgIpc) is 2.93. The van der Waals surface area contributed by atoms with E-state index in [9.17, 15) is 4.39 Å². The van der Waals surface area contributed by atoms with Crippen molar-refractivity contribution in [3.8, 4) is 5.75 Å². The van der Waals surface area contributed by atoms with Gasteiger partial charge in [0.15, 0.2) is 0 Å². The summed E-state index contributed by atoms with van der Waals surface area (Å²) in [5.74, 6) is 0.461. The second-order valence-corrected chi connectivity index (χ2v) is 6.74. The lowest BCUT2D eigenvalue weighted by Crippen LogP contribution is -2.23. The van der Waals surface area contributed by atoms with Crippen molar-refractivity contribution >= 4 is 38.9 Å². The van der Waals surface area contributed by atoms with Gasteiger partial charge in [0, 0.05) is 10.0 Å². The molecule has 114 valence electrons. The topological polar surface area (TPSA) is 21.3 Å². The Bertz CT molecular complexity index is 620. The lowest BCUT2D eigenvalue weighted by atomic mass is 10.0. The molecule has 0 spiro atoms. The summed E-state index contributed by atoms with van der Waals surface area (Å²) in [7, 11) is 1.62. The summed E-state index contributed by atoms with van der Waals surface area (Å²) in [5, 5.41) is 5.80. The minimum atomic E-state index is -0.296. The van der Waals surface area contributed by atoms with Crippen molar-refractivity contribution in [1.82, 2.24) is 5.32 Å². The summed E-state index contributed by atoms with van der Waals surface area (Å²) in [6, 6.07) is 4.68. The predicted molar refractivity (Wildman–Crippen MR) is 90.1 cm³/mol. The number of nitrogens with one attached hydrogen (secondary N) is 1. The third-order valence-corrected chi connectivity index (χ3v) is 5.25. The molecule has 0 saturated carbocycles. The highest BCUT2D eigenvalue weighted by molar-refractivity contribution is 9.10. The zero-order valence-corrected chi connectivity index (χ0v) is 14.9. The maximum atomic E-state index is 14.4. The molecule has 1 N–H and O–H groups in total. The van der Waals surface area contributed by atoms with Crippen LogP contribution in [0, 0.1) is 5.82 Å². The van der Waals surface area contributed by atoms with Crippen LogP contribution < -0.4 is 10.1 Å². The van der Waals surface area contributed by atoms with Crippen LogP contribution in [0.3, 0.4) is 0 Å². The van der Waals surface area contributed by atoms with Crippen LogP contribution in [0.25, 0.3) is 0 Å². The van der Waals surface area contributed by atoms with Crippen LogP contribution in [0.2, 0.25) is 5.02 Å². The summed E-state index contributed by atoms with van der Waals surface area (Å²) in [6.07, 6.45) is 0.954. The Balaban J connectivity index is 2.48. The molecular weight excluding hydrogens is 377 g/mol. The van der Waals surface area contributed by atoms with E-state index in [2.05, 4.69) is 28.2 Å². The molecule has 0 amide bonds. The van der Waals surface area contributed by atoms with Gasteiger partial charge in [-0.05, 0) is 52.5 Å². The van der Waals surface area contributed by atoms with E-state index in [1.807, 2.05) is 11.4 Å². The van der Waals surface area contributed by atoms with Gasteiger partial charge in [-0.25, -0.2) is 4.39 Å². The Kier molecular flexibility index (Phi) is 6.05. The molecule has 6 heteroatoms. The summed E-state index contributed by atoms with van der Waals surface area (Å²) in [6.45, 7) is 2.85. The lowest BCUT2D eigenvalue weighted by Gasteiger charge is -2.20. The zero-order valence-electron chi connectivity index (χ0n) is 11.8. The van der Waals surface area contributed by atoms with E-state index >= 15 is 0 Å². The van der Waals surface area contributed by atoms with Gasteiger partial charge in [-0.1, -0.05) is 18.5 Å². The number of methoxy groups -OCH3 is 1. The average molecular weight is 393 g/mol. The van der Waals surface area contributed by atoms with Crippen LogP contribution >= 0.6 is 38.9 Å². The van der Waals surface area contributed by atoms with Crippen LogP contribution in [0.5, 0.6) is 5.75 Å². The standard InChI is InChI=1S/C15H16BrClFNOS/c1-3-5-19-14(15-13(20-2)4-6-21-15)9-7-11(17)10(16)8-12(9)18/h4,6-8,14,19H,3,5H2,1-2H3. The van der Waals surface area contributed by atoms with Crippen molar-refractivity contribution in [3.63, 3.8) is 0 Å². The van der Waals surface area contributed by atoms with Crippen molar-refractivity contribution in [1.29, 1.82) is 0 Å². The van der Waals surface area contributed by atoms with E-state index in [1.54, 1.807) is 13.2 Å². The van der Waals surface area contributed by atoms with E-state index in [0.29, 0.717) is 15.1 Å². The molecule has 0 aliphatic rings. The molecule has 0 aliphatic carbocycles. The van der Waals surface area contributed by atoms with Gasteiger partial charge in [0.1, 0.15) is 11.6 Å². The van der Waals surface area contributed by atoms with Gasteiger partial charge in [0.25, 0.3) is 0 Å². The molecule has 21 heavy (non-hydrogen) atoms. The van der Waals surface area contributed by atoms with Gasteiger partial charge in [0.05, 0.1) is 23.1 Å². The Morgan fingerprint density at radius 3 is 2.90 bits per heavy atom. The predicted octanol–water partition coefficient (Wildman–Crippen LogP) is 5.40. The van der Waals surface area contributed by atoms with Crippen LogP contribution in [0.4, 0.5) is 4.39 Å². The quantitative estimate of drug-likeness (QED) is 0.664. The van der Waals surface area contributed by atoms with Gasteiger partial charge in [0.2, 0.25) is 0 Å². The molecule has 0 fully saturated rings. The van der Waals surface area contributed by atoms with E-state index in [1.165, 1.54) is 17.4 Å². The van der Waals surface area contributed by atoms with Crippen molar-refractivity contribution < 1.29 is 9.13 Å². The van der Waals surface area contributed by atoms with Crippen molar-refractivity contribution in [2.24, 2.45) is 0 Å². The molecular formula is C15H16BrClFNOS. The van der Waals surface area contributed by atoms with Crippen LogP contribution in [0.1, 0.15) is 29.8 Å². The van der Waals surface area contributed by atoms with Crippen LogP contribution in [-0.4, -0.2) is 13.7 Å². The number of benzene rings is 1. The maximum Gasteiger partial charge on any atom is 0.134 e. The molecule has 0 aliphatic heterocycles. The van der Waals surface area contributed by atoms with Gasteiger partial charge >= 0.3 is 0 Å². The number of hydrogen-bond acceptors (Lipinski definition) is 3. The first-order valence-electron chi connectivity index (χ1n) is 6.57. The fraction of sp³-hybridized carbons (Fsp3) is 0.333. The Labute approximate surface area is 141 Å². The molecule has 0 bridgehead atoms. The summed E-state index contributed by atoms with van der Waals surface area (Å²) >= 11 is 10.9. The molecule has 1 unspecified atom stereocenters. The highest BCUT2D eigenvalue weighted by atomic mass is 79.9. The third kappa shape index (κ3) is 3.77. The molecule has 2 rings (SSSR count). The fourth-order valence-corrected chi connectivity index (χ4v) is 3.52. The molecule has 1 heterocycles. The monoisotopic (exact) mass is 391 g/mol. The number of halogens is 3. The second-order valence-electron chi connectivity index (χ2n) is 4.53. The minimum Gasteiger partial charge on any atom is -0.496 e. The molecule has 1 aromatic carbocycles. The Morgan fingerprint density at radius 2 is 2.24 bits per heavy atom. The Hall–Kier alpha value is -0.620. The Morgan fingerprint density at radius 1 is 1.48 bits per heavy atom. The van der Waals surface area contributed by atoms with Crippen molar-refractivity contribution in [2.45, 2.75) is 19.4 Å². The number of hydrogen-bond donors (Lipinski definition) is 1. The third-order valence-electron chi connectivity index (χ3n) is 3.09. The normalized spacial score (nSPS) is 12.4.